The molecular formula is C24H24ClN3O4S. The van der Waals surface area contributed by atoms with Gasteiger partial charge in [-0.05, 0) is 63.3 Å². The second kappa shape index (κ2) is 9.13. The predicted octanol–water partition coefficient (Wildman–Crippen LogP) is 4.15. The summed E-state index contributed by atoms with van der Waals surface area (Å²) in [6, 6.07) is 13.2. The lowest BCUT2D eigenvalue weighted by Gasteiger charge is -2.09. The monoisotopic (exact) mass is 485 g/mol. The van der Waals surface area contributed by atoms with Gasteiger partial charge in [-0.25, -0.2) is 13.4 Å². The number of aliphatic imine (C=N–C) groups is 1. The Kier molecular flexibility index (Phi) is 6.43. The summed E-state index contributed by atoms with van der Waals surface area (Å²) in [6.07, 6.45) is 1.38. The van der Waals surface area contributed by atoms with E-state index in [9.17, 15) is 18.3 Å². The zero-order chi connectivity index (χ0) is 23.8. The van der Waals surface area contributed by atoms with Gasteiger partial charge in [0, 0.05) is 10.6 Å². The Labute approximate surface area is 197 Å². The van der Waals surface area contributed by atoms with Crippen molar-refractivity contribution in [3.8, 4) is 17.1 Å². The molecule has 2 N–H and O–H groups in total. The van der Waals surface area contributed by atoms with Crippen LogP contribution in [0.15, 0.2) is 58.4 Å². The molecule has 7 nitrogen and oxygen atoms in total. The second-order valence-electron chi connectivity index (χ2n) is 8.22. The number of aromatic nitrogens is 1. The van der Waals surface area contributed by atoms with Gasteiger partial charge in [0.25, 0.3) is 5.91 Å². The number of unbranched alkanes of at least 4 members (excludes halogenated alkanes) is 1. The Balaban J connectivity index is 1.59. The fraction of sp³-hybridized carbons (Fsp3) is 0.250. The van der Waals surface area contributed by atoms with Gasteiger partial charge in [0.1, 0.15) is 0 Å². The maximum atomic E-state index is 12.7. The third-order valence-corrected chi connectivity index (χ3v) is 7.60. The first-order valence-corrected chi connectivity index (χ1v) is 12.5. The second-order valence-corrected chi connectivity index (χ2v) is 10.8. The van der Waals surface area contributed by atoms with Crippen LogP contribution in [0.3, 0.4) is 0 Å². The molecule has 0 aliphatic carbocycles. The SMILES string of the molecule is CN(C)CCCCS(=O)(=O)c1ccc(C2=NC(=O)c3c(-c4ccc(Cl)cc4)[nH]c(O)c32)cc1. The first-order valence-electron chi connectivity index (χ1n) is 10.5. The molecule has 2 heterocycles. The molecule has 172 valence electrons. The van der Waals surface area contributed by atoms with E-state index in [2.05, 4.69) is 9.98 Å². The van der Waals surface area contributed by atoms with Crippen LogP contribution < -0.4 is 0 Å². The molecule has 3 aromatic rings. The van der Waals surface area contributed by atoms with Crippen molar-refractivity contribution in [2.24, 2.45) is 4.99 Å². The Morgan fingerprint density at radius 2 is 1.61 bits per heavy atom. The lowest BCUT2D eigenvalue weighted by atomic mass is 10.0. The van der Waals surface area contributed by atoms with E-state index < -0.39 is 15.7 Å². The Bertz CT molecular complexity index is 1330. The average molecular weight is 486 g/mol. The fourth-order valence-corrected chi connectivity index (χ4v) is 5.34. The number of carbonyl (C=O) groups is 1. The summed E-state index contributed by atoms with van der Waals surface area (Å²) >= 11 is 5.95. The number of aromatic hydroxyl groups is 1. The molecule has 0 saturated heterocycles. The summed E-state index contributed by atoms with van der Waals surface area (Å²) in [7, 11) is 0.503. The molecule has 0 radical (unpaired) electrons. The molecule has 1 aliphatic rings. The number of benzene rings is 2. The summed E-state index contributed by atoms with van der Waals surface area (Å²) in [5.74, 6) is -0.566. The van der Waals surface area contributed by atoms with E-state index in [1.807, 2.05) is 19.0 Å². The van der Waals surface area contributed by atoms with Crippen molar-refractivity contribution in [2.45, 2.75) is 17.7 Å². The third-order valence-electron chi connectivity index (χ3n) is 5.53. The Hall–Kier alpha value is -2.94. The minimum Gasteiger partial charge on any atom is -0.494 e. The van der Waals surface area contributed by atoms with Crippen LogP contribution in [-0.2, 0) is 9.84 Å². The summed E-state index contributed by atoms with van der Waals surface area (Å²) < 4.78 is 25.3. The van der Waals surface area contributed by atoms with Crippen LogP contribution in [0.25, 0.3) is 11.3 Å². The van der Waals surface area contributed by atoms with Crippen LogP contribution in [0.4, 0.5) is 0 Å². The summed E-state index contributed by atoms with van der Waals surface area (Å²) in [6.45, 7) is 0.836. The van der Waals surface area contributed by atoms with Crippen molar-refractivity contribution < 1.29 is 18.3 Å². The quantitative estimate of drug-likeness (QED) is 0.466. The molecule has 1 aliphatic heterocycles. The number of hydrogen-bond acceptors (Lipinski definition) is 5. The largest absolute Gasteiger partial charge is 0.494 e. The van der Waals surface area contributed by atoms with Crippen LogP contribution in [-0.4, -0.2) is 61.4 Å². The third kappa shape index (κ3) is 4.73. The van der Waals surface area contributed by atoms with Gasteiger partial charge in [0.15, 0.2) is 15.7 Å². The van der Waals surface area contributed by atoms with Gasteiger partial charge in [-0.2, -0.15) is 0 Å². The minimum atomic E-state index is -3.41. The molecule has 4 rings (SSSR count). The highest BCUT2D eigenvalue weighted by Crippen LogP contribution is 2.38. The van der Waals surface area contributed by atoms with Crippen molar-refractivity contribution in [2.75, 3.05) is 26.4 Å². The molecule has 1 amide bonds. The number of hydrogen-bond donors (Lipinski definition) is 2. The number of amides is 1. The van der Waals surface area contributed by atoms with Crippen LogP contribution >= 0.6 is 11.6 Å². The van der Waals surface area contributed by atoms with Crippen molar-refractivity contribution in [1.82, 2.24) is 9.88 Å². The van der Waals surface area contributed by atoms with Gasteiger partial charge in [-0.1, -0.05) is 35.9 Å². The molecule has 0 bridgehead atoms. The van der Waals surface area contributed by atoms with Gasteiger partial charge in [0.05, 0.1) is 33.2 Å². The normalized spacial score (nSPS) is 13.5. The maximum absolute atomic E-state index is 12.7. The first kappa shape index (κ1) is 23.2. The molecular weight excluding hydrogens is 462 g/mol. The van der Waals surface area contributed by atoms with Crippen LogP contribution in [0.1, 0.15) is 34.3 Å². The first-order chi connectivity index (χ1) is 15.7. The van der Waals surface area contributed by atoms with Crippen LogP contribution in [0.2, 0.25) is 5.02 Å². The highest BCUT2D eigenvalue weighted by molar-refractivity contribution is 7.91. The van der Waals surface area contributed by atoms with Gasteiger partial charge < -0.3 is 15.0 Å². The van der Waals surface area contributed by atoms with Crippen molar-refractivity contribution in [1.29, 1.82) is 0 Å². The van der Waals surface area contributed by atoms with Crippen LogP contribution in [0, 0.1) is 0 Å². The van der Waals surface area contributed by atoms with Gasteiger partial charge >= 0.3 is 0 Å². The molecule has 33 heavy (non-hydrogen) atoms. The van der Waals surface area contributed by atoms with Crippen molar-refractivity contribution in [3.05, 3.63) is 70.2 Å². The lowest BCUT2D eigenvalue weighted by Crippen LogP contribution is -2.15. The molecule has 0 fully saturated rings. The van der Waals surface area contributed by atoms with E-state index >= 15 is 0 Å². The highest BCUT2D eigenvalue weighted by Gasteiger charge is 2.33. The topological polar surface area (TPSA) is 103 Å². The van der Waals surface area contributed by atoms with E-state index in [0.29, 0.717) is 39.5 Å². The number of halogens is 1. The molecule has 0 saturated carbocycles. The number of aromatic amines is 1. The molecule has 0 spiro atoms. The van der Waals surface area contributed by atoms with E-state index in [1.165, 1.54) is 12.1 Å². The molecule has 0 unspecified atom stereocenters. The van der Waals surface area contributed by atoms with E-state index in [-0.39, 0.29) is 22.1 Å². The molecule has 0 atom stereocenters. The standard InChI is InChI=1S/C24H24ClN3O4S/c1-28(2)13-3-4-14-33(31,32)18-11-7-16(8-12-18)22-20-19(23(29)27-22)21(26-24(20)30)15-5-9-17(25)10-6-15/h5-12,26,30H,3-4,13-14H2,1-2H3. The molecule has 9 heteroatoms. The van der Waals surface area contributed by atoms with Crippen molar-refractivity contribution >= 4 is 33.1 Å². The highest BCUT2D eigenvalue weighted by atomic mass is 35.5. The Morgan fingerprint density at radius 3 is 2.24 bits per heavy atom. The summed E-state index contributed by atoms with van der Waals surface area (Å²) in [4.78, 5) is 21.9. The number of nitrogens with one attached hydrogen (secondary N) is 1. The maximum Gasteiger partial charge on any atom is 0.280 e. The number of nitrogens with zero attached hydrogens (tertiary/aromatic N) is 2. The smallest absolute Gasteiger partial charge is 0.280 e. The van der Waals surface area contributed by atoms with Crippen LogP contribution in [0.5, 0.6) is 5.88 Å². The zero-order valence-corrected chi connectivity index (χ0v) is 19.9. The number of carbonyl (C=O) groups excluding carboxylic acids is 1. The number of fused-ring (bicyclic) bond motifs is 1. The Morgan fingerprint density at radius 1 is 0.970 bits per heavy atom. The summed E-state index contributed by atoms with van der Waals surface area (Å²) in [5, 5.41) is 11.1. The fourth-order valence-electron chi connectivity index (χ4n) is 3.84. The van der Waals surface area contributed by atoms with E-state index in [0.717, 1.165) is 13.0 Å². The average Bonchev–Trinajstić information content (AvgIpc) is 3.30. The minimum absolute atomic E-state index is 0.0762. The van der Waals surface area contributed by atoms with E-state index in [1.54, 1.807) is 36.4 Å². The summed E-state index contributed by atoms with van der Waals surface area (Å²) in [5.41, 5.74) is 2.59. The molecule has 1 aromatic heterocycles. The molecule has 2 aromatic carbocycles. The number of sulfone groups is 1. The van der Waals surface area contributed by atoms with Crippen molar-refractivity contribution in [3.63, 3.8) is 0 Å². The number of H-pyrrole nitrogens is 1. The zero-order valence-electron chi connectivity index (χ0n) is 18.3. The van der Waals surface area contributed by atoms with Gasteiger partial charge in [-0.15, -0.1) is 0 Å². The lowest BCUT2D eigenvalue weighted by molar-refractivity contribution is 0.101. The number of rotatable bonds is 8. The van der Waals surface area contributed by atoms with Gasteiger partial charge in [0.2, 0.25) is 0 Å². The van der Waals surface area contributed by atoms with Gasteiger partial charge in [-0.3, -0.25) is 4.79 Å². The predicted molar refractivity (Wildman–Crippen MR) is 129 cm³/mol. The van der Waals surface area contributed by atoms with E-state index in [4.69, 9.17) is 11.6 Å².